The van der Waals surface area contributed by atoms with Crippen LogP contribution in [0.2, 0.25) is 10.0 Å². The average molecular weight is 458 g/mol. The fourth-order valence-electron chi connectivity index (χ4n) is 2.97. The number of rotatable bonds is 4. The predicted molar refractivity (Wildman–Crippen MR) is 113 cm³/mol. The van der Waals surface area contributed by atoms with Gasteiger partial charge in [-0.1, -0.05) is 37.0 Å². The number of aromatic amines is 2. The summed E-state index contributed by atoms with van der Waals surface area (Å²) in [5.74, 6) is 0.538. The number of nitriles is 1. The van der Waals surface area contributed by atoms with E-state index in [1.807, 2.05) is 11.2 Å². The first-order valence-corrected chi connectivity index (χ1v) is 9.69. The molecule has 3 heterocycles. The molecule has 10 nitrogen and oxygen atoms in total. The minimum atomic E-state index is -0.889. The molecule has 4 rings (SSSR count). The van der Waals surface area contributed by atoms with Crippen LogP contribution in [0.25, 0.3) is 16.7 Å². The number of H-pyrrole nitrogens is 2. The smallest absolute Gasteiger partial charge is 0.349 e. The van der Waals surface area contributed by atoms with Gasteiger partial charge in [-0.3, -0.25) is 9.78 Å². The Balaban J connectivity index is 1.75. The summed E-state index contributed by atoms with van der Waals surface area (Å²) >= 11 is 12.7. The molecule has 0 fully saturated rings. The van der Waals surface area contributed by atoms with E-state index < -0.39 is 16.9 Å². The number of benzene rings is 1. The molecule has 0 unspecified atom stereocenters. The van der Waals surface area contributed by atoms with Gasteiger partial charge in [0, 0.05) is 17.6 Å². The van der Waals surface area contributed by atoms with Gasteiger partial charge in [-0.15, -0.1) is 15.3 Å². The van der Waals surface area contributed by atoms with Gasteiger partial charge in [0.05, 0.1) is 15.7 Å². The third-order valence-corrected chi connectivity index (χ3v) is 5.00. The molecule has 0 aliphatic rings. The van der Waals surface area contributed by atoms with Crippen LogP contribution in [0.15, 0.2) is 34.0 Å². The first-order chi connectivity index (χ1) is 14.8. The maximum Gasteiger partial charge on any atom is 0.349 e. The molecule has 0 saturated carbocycles. The van der Waals surface area contributed by atoms with Gasteiger partial charge in [0.2, 0.25) is 11.6 Å². The van der Waals surface area contributed by atoms with E-state index in [2.05, 4.69) is 34.1 Å². The fraction of sp³-hybridized carbons (Fsp3) is 0.158. The largest absolute Gasteiger partial charge is 0.434 e. The molecule has 0 aliphatic carbocycles. The Morgan fingerprint density at radius 2 is 1.87 bits per heavy atom. The Morgan fingerprint density at radius 3 is 2.52 bits per heavy atom. The van der Waals surface area contributed by atoms with Crippen LogP contribution in [0.4, 0.5) is 0 Å². The SMILES string of the molecule is CC(C)c1c[nH]c2nnc(Oc3c(Cl)cc(-n4nc(C#N)c(=O)[nH]c4=O)cc3Cl)cc12. The Hall–Kier alpha value is -3.68. The van der Waals surface area contributed by atoms with Crippen molar-refractivity contribution in [1.82, 2.24) is 29.9 Å². The van der Waals surface area contributed by atoms with Gasteiger partial charge in [0.1, 0.15) is 6.07 Å². The molecule has 0 spiro atoms. The van der Waals surface area contributed by atoms with Gasteiger partial charge in [0.15, 0.2) is 11.4 Å². The van der Waals surface area contributed by atoms with Crippen molar-refractivity contribution < 1.29 is 4.74 Å². The molecule has 0 saturated heterocycles. The molecule has 1 aromatic carbocycles. The Kier molecular flexibility index (Phi) is 5.22. The maximum absolute atomic E-state index is 12.1. The van der Waals surface area contributed by atoms with E-state index in [1.54, 1.807) is 12.1 Å². The van der Waals surface area contributed by atoms with Crippen LogP contribution < -0.4 is 16.0 Å². The molecule has 0 bridgehead atoms. The van der Waals surface area contributed by atoms with E-state index in [9.17, 15) is 9.59 Å². The molecular formula is C19H13Cl2N7O3. The number of aromatic nitrogens is 6. The third kappa shape index (κ3) is 3.76. The monoisotopic (exact) mass is 457 g/mol. The molecule has 0 amide bonds. The zero-order valence-corrected chi connectivity index (χ0v) is 17.6. The van der Waals surface area contributed by atoms with Gasteiger partial charge < -0.3 is 9.72 Å². The van der Waals surface area contributed by atoms with Crippen molar-refractivity contribution >= 4 is 34.2 Å². The fourth-order valence-corrected chi connectivity index (χ4v) is 3.52. The molecule has 12 heteroatoms. The van der Waals surface area contributed by atoms with Crippen molar-refractivity contribution in [2.24, 2.45) is 0 Å². The van der Waals surface area contributed by atoms with Crippen molar-refractivity contribution in [2.45, 2.75) is 19.8 Å². The lowest BCUT2D eigenvalue weighted by Gasteiger charge is -2.11. The maximum atomic E-state index is 12.1. The first kappa shape index (κ1) is 20.6. The molecule has 4 aromatic rings. The van der Waals surface area contributed by atoms with Crippen LogP contribution >= 0.6 is 23.2 Å². The predicted octanol–water partition coefficient (Wildman–Crippen LogP) is 3.29. The normalized spacial score (nSPS) is 11.1. The summed E-state index contributed by atoms with van der Waals surface area (Å²) in [6.07, 6.45) is 1.87. The van der Waals surface area contributed by atoms with Crippen LogP contribution in [0.5, 0.6) is 11.6 Å². The molecule has 0 radical (unpaired) electrons. The van der Waals surface area contributed by atoms with Crippen LogP contribution in [-0.4, -0.2) is 29.9 Å². The lowest BCUT2D eigenvalue weighted by Crippen LogP contribution is -2.33. The Labute approximate surface area is 184 Å². The highest BCUT2D eigenvalue weighted by Crippen LogP contribution is 2.38. The second kappa shape index (κ2) is 7.86. The minimum absolute atomic E-state index is 0.0564. The van der Waals surface area contributed by atoms with Gasteiger partial charge in [-0.2, -0.15) is 9.94 Å². The summed E-state index contributed by atoms with van der Waals surface area (Å²) in [4.78, 5) is 28.7. The summed E-state index contributed by atoms with van der Waals surface area (Å²) in [6, 6.07) is 6.05. The topological polar surface area (TPSA) is 142 Å². The first-order valence-electron chi connectivity index (χ1n) is 8.94. The highest BCUT2D eigenvalue weighted by atomic mass is 35.5. The summed E-state index contributed by atoms with van der Waals surface area (Å²) in [5, 5.41) is 21.8. The zero-order chi connectivity index (χ0) is 22.3. The summed E-state index contributed by atoms with van der Waals surface area (Å²) in [7, 11) is 0. The van der Waals surface area contributed by atoms with Gasteiger partial charge >= 0.3 is 5.69 Å². The average Bonchev–Trinajstić information content (AvgIpc) is 3.14. The number of hydrogen-bond acceptors (Lipinski definition) is 7. The van der Waals surface area contributed by atoms with Crippen LogP contribution in [0.3, 0.4) is 0 Å². The van der Waals surface area contributed by atoms with E-state index >= 15 is 0 Å². The molecule has 31 heavy (non-hydrogen) atoms. The van der Waals surface area contributed by atoms with Crippen molar-refractivity contribution in [1.29, 1.82) is 5.26 Å². The summed E-state index contributed by atoms with van der Waals surface area (Å²) < 4.78 is 6.58. The second-order valence-corrected chi connectivity index (χ2v) is 7.63. The molecular weight excluding hydrogens is 445 g/mol. The Morgan fingerprint density at radius 1 is 1.16 bits per heavy atom. The molecule has 3 aromatic heterocycles. The van der Waals surface area contributed by atoms with E-state index in [0.717, 1.165) is 15.6 Å². The molecule has 0 atom stereocenters. The van der Waals surface area contributed by atoms with E-state index in [4.69, 9.17) is 33.2 Å². The zero-order valence-electron chi connectivity index (χ0n) is 16.1. The number of nitrogens with one attached hydrogen (secondary N) is 2. The van der Waals surface area contributed by atoms with Crippen LogP contribution in [0, 0.1) is 11.3 Å². The van der Waals surface area contributed by atoms with Crippen LogP contribution in [-0.2, 0) is 0 Å². The molecule has 156 valence electrons. The Bertz CT molecular complexity index is 1460. The molecule has 0 aliphatic heterocycles. The van der Waals surface area contributed by atoms with Crippen molar-refractivity contribution in [3.63, 3.8) is 0 Å². The van der Waals surface area contributed by atoms with E-state index in [1.165, 1.54) is 12.1 Å². The lowest BCUT2D eigenvalue weighted by molar-refractivity contribution is 0.457. The van der Waals surface area contributed by atoms with Crippen molar-refractivity contribution in [2.75, 3.05) is 0 Å². The lowest BCUT2D eigenvalue weighted by atomic mass is 10.0. The third-order valence-electron chi connectivity index (χ3n) is 4.44. The van der Waals surface area contributed by atoms with E-state index in [-0.39, 0.29) is 33.3 Å². The van der Waals surface area contributed by atoms with E-state index in [0.29, 0.717) is 5.65 Å². The van der Waals surface area contributed by atoms with Gasteiger partial charge in [-0.25, -0.2) is 4.79 Å². The number of ether oxygens (including phenoxy) is 1. The minimum Gasteiger partial charge on any atom is -0.434 e. The summed E-state index contributed by atoms with van der Waals surface area (Å²) in [6.45, 7) is 4.11. The number of nitrogens with zero attached hydrogens (tertiary/aromatic N) is 5. The standard InChI is InChI=1S/C19H13Cl2N7O3/c1-8(2)11-7-23-17-10(11)5-15(25-26-17)31-16-12(20)3-9(4-13(16)21)28-19(30)24-18(29)14(6-22)27-28/h3-5,7-8H,1-2H3,(H,23,26)(H,24,29,30). The van der Waals surface area contributed by atoms with Gasteiger partial charge in [-0.05, 0) is 23.6 Å². The highest BCUT2D eigenvalue weighted by molar-refractivity contribution is 6.37. The van der Waals surface area contributed by atoms with Gasteiger partial charge in [0.25, 0.3) is 5.56 Å². The van der Waals surface area contributed by atoms with Crippen LogP contribution in [0.1, 0.15) is 31.0 Å². The van der Waals surface area contributed by atoms with Crippen molar-refractivity contribution in [3.8, 4) is 23.4 Å². The van der Waals surface area contributed by atoms with Crippen molar-refractivity contribution in [3.05, 3.63) is 66.5 Å². The quantitative estimate of drug-likeness (QED) is 0.478. The highest BCUT2D eigenvalue weighted by Gasteiger charge is 2.17. The number of hydrogen-bond donors (Lipinski definition) is 2. The summed E-state index contributed by atoms with van der Waals surface area (Å²) in [5.41, 5.74) is -0.410. The number of fused-ring (bicyclic) bond motifs is 1. The number of halogens is 2. The second-order valence-electron chi connectivity index (χ2n) is 6.82. The molecule has 2 N–H and O–H groups in total.